The van der Waals surface area contributed by atoms with Gasteiger partial charge in [0, 0.05) is 18.8 Å². The summed E-state index contributed by atoms with van der Waals surface area (Å²) in [6.45, 7) is -0.0928. The molecule has 0 aliphatic carbocycles. The van der Waals surface area contributed by atoms with Crippen LogP contribution in [0.15, 0.2) is 42.5 Å². The van der Waals surface area contributed by atoms with Crippen molar-refractivity contribution in [2.24, 2.45) is 0 Å². The van der Waals surface area contributed by atoms with Crippen molar-refractivity contribution in [1.29, 1.82) is 0 Å². The molecule has 0 atom stereocenters. The van der Waals surface area contributed by atoms with Crippen LogP contribution >= 0.6 is 0 Å². The monoisotopic (exact) mass is 414 g/mol. The summed E-state index contributed by atoms with van der Waals surface area (Å²) in [7, 11) is 7.68. The van der Waals surface area contributed by atoms with Crippen LogP contribution in [0.5, 0.6) is 23.0 Å². The SMILES string of the molecule is COc1ccc(NC(=O)CN(C)C(=O)/C=C/c2cc(OC)c(OC)c(OC)c2)cc1. The smallest absolute Gasteiger partial charge is 0.246 e. The van der Waals surface area contributed by atoms with Crippen LogP contribution in [-0.4, -0.2) is 58.7 Å². The normalized spacial score (nSPS) is 10.4. The average Bonchev–Trinajstić information content (AvgIpc) is 2.76. The topological polar surface area (TPSA) is 86.3 Å². The van der Waals surface area contributed by atoms with Crippen molar-refractivity contribution in [2.45, 2.75) is 0 Å². The fourth-order valence-electron chi connectivity index (χ4n) is 2.66. The first-order valence-corrected chi connectivity index (χ1v) is 9.09. The van der Waals surface area contributed by atoms with Gasteiger partial charge in [0.05, 0.1) is 35.0 Å². The molecule has 0 spiro atoms. The molecule has 8 heteroatoms. The Bertz CT molecular complexity index is 883. The van der Waals surface area contributed by atoms with Gasteiger partial charge in [-0.1, -0.05) is 0 Å². The Labute approximate surface area is 176 Å². The molecule has 0 heterocycles. The summed E-state index contributed by atoms with van der Waals surface area (Å²) < 4.78 is 21.0. The van der Waals surface area contributed by atoms with Gasteiger partial charge in [-0.25, -0.2) is 0 Å². The van der Waals surface area contributed by atoms with E-state index in [9.17, 15) is 9.59 Å². The number of ether oxygens (including phenoxy) is 4. The fourth-order valence-corrected chi connectivity index (χ4v) is 2.66. The van der Waals surface area contributed by atoms with E-state index in [4.69, 9.17) is 18.9 Å². The number of nitrogens with one attached hydrogen (secondary N) is 1. The van der Waals surface area contributed by atoms with E-state index in [1.807, 2.05) is 0 Å². The number of carbonyl (C=O) groups is 2. The highest BCUT2D eigenvalue weighted by Gasteiger charge is 2.14. The summed E-state index contributed by atoms with van der Waals surface area (Å²) in [5.74, 6) is 1.49. The minimum Gasteiger partial charge on any atom is -0.497 e. The molecule has 0 bridgehead atoms. The van der Waals surface area contributed by atoms with Crippen LogP contribution in [0.3, 0.4) is 0 Å². The molecule has 8 nitrogen and oxygen atoms in total. The standard InChI is InChI=1S/C22H26N2O6/c1-24(14-20(25)23-16-7-9-17(27-2)10-8-16)21(26)11-6-15-12-18(28-3)22(30-5)19(13-15)29-4/h6-13H,14H2,1-5H3,(H,23,25)/b11-6+. The van der Waals surface area contributed by atoms with Crippen molar-refractivity contribution in [3.63, 3.8) is 0 Å². The lowest BCUT2D eigenvalue weighted by Gasteiger charge is -2.15. The van der Waals surface area contributed by atoms with Crippen molar-refractivity contribution < 1.29 is 28.5 Å². The molecule has 0 aliphatic heterocycles. The van der Waals surface area contributed by atoms with Gasteiger partial charge in [-0.15, -0.1) is 0 Å². The lowest BCUT2D eigenvalue weighted by Crippen LogP contribution is -2.33. The summed E-state index contributed by atoms with van der Waals surface area (Å²) in [6.07, 6.45) is 2.99. The Kier molecular flexibility index (Phi) is 8.10. The quantitative estimate of drug-likeness (QED) is 0.635. The van der Waals surface area contributed by atoms with Crippen LogP contribution in [-0.2, 0) is 9.59 Å². The van der Waals surface area contributed by atoms with Gasteiger partial charge < -0.3 is 29.2 Å². The predicted octanol–water partition coefficient (Wildman–Crippen LogP) is 2.83. The second kappa shape index (κ2) is 10.8. The number of carbonyl (C=O) groups excluding carboxylic acids is 2. The van der Waals surface area contributed by atoms with Crippen LogP contribution in [0.2, 0.25) is 0 Å². The molecular formula is C22H26N2O6. The van der Waals surface area contributed by atoms with E-state index in [2.05, 4.69) is 5.32 Å². The van der Waals surface area contributed by atoms with Gasteiger partial charge in [-0.2, -0.15) is 0 Å². The zero-order chi connectivity index (χ0) is 22.1. The molecule has 2 rings (SSSR count). The van der Waals surface area contributed by atoms with Crippen LogP contribution in [0.4, 0.5) is 5.69 Å². The number of methoxy groups -OCH3 is 4. The zero-order valence-corrected chi connectivity index (χ0v) is 17.7. The lowest BCUT2D eigenvalue weighted by atomic mass is 10.1. The van der Waals surface area contributed by atoms with E-state index in [1.165, 1.54) is 32.3 Å². The molecule has 2 amide bonds. The van der Waals surface area contributed by atoms with Gasteiger partial charge >= 0.3 is 0 Å². The molecule has 2 aromatic carbocycles. The van der Waals surface area contributed by atoms with Gasteiger partial charge in [-0.3, -0.25) is 9.59 Å². The Balaban J connectivity index is 2.00. The Morgan fingerprint density at radius 2 is 1.53 bits per heavy atom. The number of anilines is 1. The molecule has 2 aromatic rings. The van der Waals surface area contributed by atoms with Gasteiger partial charge in [0.15, 0.2) is 11.5 Å². The second-order valence-corrected chi connectivity index (χ2v) is 6.26. The van der Waals surface area contributed by atoms with Crippen LogP contribution in [0.1, 0.15) is 5.56 Å². The molecular weight excluding hydrogens is 388 g/mol. The number of rotatable bonds is 9. The molecule has 0 aromatic heterocycles. The van der Waals surface area contributed by atoms with E-state index in [0.717, 1.165) is 0 Å². The van der Waals surface area contributed by atoms with Crippen LogP contribution < -0.4 is 24.3 Å². The van der Waals surface area contributed by atoms with Crippen molar-refractivity contribution in [2.75, 3.05) is 47.3 Å². The molecule has 30 heavy (non-hydrogen) atoms. The maximum atomic E-state index is 12.4. The Morgan fingerprint density at radius 3 is 2.03 bits per heavy atom. The first kappa shape index (κ1) is 22.6. The number of likely N-dealkylation sites (N-methyl/N-ethyl adjacent to an activating group) is 1. The lowest BCUT2D eigenvalue weighted by molar-refractivity contribution is -0.129. The zero-order valence-electron chi connectivity index (χ0n) is 17.7. The van der Waals surface area contributed by atoms with Crippen LogP contribution in [0, 0.1) is 0 Å². The van der Waals surface area contributed by atoms with E-state index in [-0.39, 0.29) is 18.4 Å². The third kappa shape index (κ3) is 5.91. The number of benzene rings is 2. The average molecular weight is 414 g/mol. The van der Waals surface area contributed by atoms with Gasteiger partial charge in [0.25, 0.3) is 0 Å². The number of nitrogens with zero attached hydrogens (tertiary/aromatic N) is 1. The van der Waals surface area contributed by atoms with Crippen LogP contribution in [0.25, 0.3) is 6.08 Å². The van der Waals surface area contributed by atoms with Gasteiger partial charge in [0.2, 0.25) is 17.6 Å². The van der Waals surface area contributed by atoms with Crippen molar-refractivity contribution in [1.82, 2.24) is 4.90 Å². The van der Waals surface area contributed by atoms with Gasteiger partial charge in [-0.05, 0) is 48.0 Å². The third-order valence-electron chi connectivity index (χ3n) is 4.24. The highest BCUT2D eigenvalue weighted by atomic mass is 16.5. The number of amides is 2. The summed E-state index contributed by atoms with van der Waals surface area (Å²) in [6, 6.07) is 10.4. The molecule has 0 aliphatic rings. The number of hydrogen-bond donors (Lipinski definition) is 1. The minimum atomic E-state index is -0.325. The predicted molar refractivity (Wildman–Crippen MR) is 114 cm³/mol. The second-order valence-electron chi connectivity index (χ2n) is 6.26. The summed E-state index contributed by atoms with van der Waals surface area (Å²) in [5.41, 5.74) is 1.31. The highest BCUT2D eigenvalue weighted by Crippen LogP contribution is 2.38. The summed E-state index contributed by atoms with van der Waals surface area (Å²) >= 11 is 0. The number of hydrogen-bond acceptors (Lipinski definition) is 6. The molecule has 0 saturated heterocycles. The third-order valence-corrected chi connectivity index (χ3v) is 4.24. The molecule has 1 N–H and O–H groups in total. The molecule has 0 unspecified atom stereocenters. The first-order valence-electron chi connectivity index (χ1n) is 9.09. The highest BCUT2D eigenvalue weighted by molar-refractivity contribution is 5.98. The molecule has 0 fully saturated rings. The molecule has 0 saturated carbocycles. The largest absolute Gasteiger partial charge is 0.497 e. The summed E-state index contributed by atoms with van der Waals surface area (Å²) in [5, 5.41) is 2.74. The molecule has 0 radical (unpaired) electrons. The fraction of sp³-hybridized carbons (Fsp3) is 0.273. The van der Waals surface area contributed by atoms with Crippen molar-refractivity contribution in [3.8, 4) is 23.0 Å². The van der Waals surface area contributed by atoms with E-state index >= 15 is 0 Å². The van der Waals surface area contributed by atoms with Gasteiger partial charge in [0.1, 0.15) is 5.75 Å². The minimum absolute atomic E-state index is 0.0928. The maximum Gasteiger partial charge on any atom is 0.246 e. The van der Waals surface area contributed by atoms with E-state index < -0.39 is 0 Å². The van der Waals surface area contributed by atoms with Crippen molar-refractivity contribution >= 4 is 23.6 Å². The van der Waals surface area contributed by atoms with E-state index in [1.54, 1.807) is 56.6 Å². The Morgan fingerprint density at radius 1 is 0.933 bits per heavy atom. The molecule has 160 valence electrons. The summed E-state index contributed by atoms with van der Waals surface area (Å²) in [4.78, 5) is 25.9. The van der Waals surface area contributed by atoms with Crippen molar-refractivity contribution in [3.05, 3.63) is 48.0 Å². The maximum absolute atomic E-state index is 12.4. The van der Waals surface area contributed by atoms with E-state index in [0.29, 0.717) is 34.2 Å². The Hall–Kier alpha value is -3.68. The first-order chi connectivity index (χ1) is 14.4.